The monoisotopic (exact) mass is 250 g/mol. The topological polar surface area (TPSA) is 0 Å². The number of unbranched alkanes of at least 4 members (excludes halogenated alkanes) is 8. The molecule has 0 bridgehead atoms. The van der Waals surface area contributed by atoms with Gasteiger partial charge in [0.05, 0.1) is 0 Å². The molecule has 0 aliphatic rings. The van der Waals surface area contributed by atoms with Crippen LogP contribution in [0.2, 0.25) is 11.1 Å². The molecule has 0 aliphatic heterocycles. The Hall–Kier alpha value is 0.519. The Morgan fingerprint density at radius 1 is 0.692 bits per heavy atom. The first-order valence-electron chi connectivity index (χ1n) is 5.90. The zero-order valence-corrected chi connectivity index (χ0v) is 11.2. The Kier molecular flexibility index (Phi) is 13.0. The zero-order chi connectivity index (χ0) is 9.78. The Morgan fingerprint density at radius 3 is 1.62 bits per heavy atom. The van der Waals surface area contributed by atoms with Crippen LogP contribution in [0.1, 0.15) is 64.7 Å². The fraction of sp³-hybridized carbons (Fsp3) is 1.00. The Bertz CT molecular complexity index is 71.2. The summed E-state index contributed by atoms with van der Waals surface area (Å²) in [5.41, 5.74) is 0. The average molecular weight is 249 g/mol. The van der Waals surface area contributed by atoms with E-state index in [0.29, 0.717) is 0 Å². The third-order valence-electron chi connectivity index (χ3n) is 2.45. The molecule has 0 aliphatic carbocycles. The predicted octanol–water partition coefficient (Wildman–Crippen LogP) is 4.69. The van der Waals surface area contributed by atoms with Crippen molar-refractivity contribution in [2.45, 2.75) is 75.9 Å². The van der Waals surface area contributed by atoms with E-state index in [1.54, 1.807) is 0 Å². The van der Waals surface area contributed by atoms with Crippen LogP contribution < -0.4 is 0 Å². The molecule has 0 rings (SSSR count). The van der Waals surface area contributed by atoms with E-state index in [2.05, 4.69) is 12.7 Å². The molecule has 0 spiro atoms. The second kappa shape index (κ2) is 12.5. The first-order chi connectivity index (χ1) is 6.41. The van der Waals surface area contributed by atoms with Gasteiger partial charge < -0.3 is 0 Å². The first-order valence-corrected chi connectivity index (χ1v) is 8.83. The van der Waals surface area contributed by atoms with Crippen LogP contribution in [0.15, 0.2) is 0 Å². The van der Waals surface area contributed by atoms with Gasteiger partial charge in [-0.3, -0.25) is 0 Å². The predicted molar refractivity (Wildman–Crippen MR) is 63.7 cm³/mol. The van der Waals surface area contributed by atoms with Crippen LogP contribution in [0.5, 0.6) is 0 Å². The number of rotatable bonds is 10. The van der Waals surface area contributed by atoms with E-state index in [9.17, 15) is 0 Å². The van der Waals surface area contributed by atoms with Gasteiger partial charge in [-0.2, -0.15) is 0 Å². The van der Waals surface area contributed by atoms with Crippen molar-refractivity contribution in [2.75, 3.05) is 0 Å². The molecule has 0 atom stereocenters. The fourth-order valence-corrected chi connectivity index (χ4v) is 2.59. The van der Waals surface area contributed by atoms with Gasteiger partial charge in [0.15, 0.2) is 0 Å². The summed E-state index contributed by atoms with van der Waals surface area (Å²) in [5.74, 6) is 2.34. The molecule has 0 fully saturated rings. The van der Waals surface area contributed by atoms with Gasteiger partial charge in [-0.25, -0.2) is 0 Å². The summed E-state index contributed by atoms with van der Waals surface area (Å²) in [6.45, 7) is 2.28. The molecule has 0 unspecified atom stereocenters. The molecule has 80 valence electrons. The van der Waals surface area contributed by atoms with Crippen LogP contribution in [0, 0.1) is 0 Å². The molecule has 13 heavy (non-hydrogen) atoms. The van der Waals surface area contributed by atoms with E-state index in [0.717, 1.165) is 15.0 Å². The Labute approximate surface area is 91.0 Å². The molecule has 0 aromatic rings. The molecule has 1 heteroatoms. The summed E-state index contributed by atoms with van der Waals surface area (Å²) < 4.78 is 0. The Morgan fingerprint density at radius 2 is 1.15 bits per heavy atom. The van der Waals surface area contributed by atoms with Gasteiger partial charge in [-0.15, -0.1) is 0 Å². The summed E-state index contributed by atoms with van der Waals surface area (Å²) >= 11 is 0.918. The van der Waals surface area contributed by atoms with Crippen LogP contribution in [0.4, 0.5) is 0 Å². The van der Waals surface area contributed by atoms with Gasteiger partial charge in [0.2, 0.25) is 0 Å². The quantitative estimate of drug-likeness (QED) is 0.389. The van der Waals surface area contributed by atoms with Crippen molar-refractivity contribution in [3.05, 3.63) is 0 Å². The van der Waals surface area contributed by atoms with Crippen molar-refractivity contribution in [1.29, 1.82) is 0 Å². The van der Waals surface area contributed by atoms with E-state index >= 15 is 0 Å². The van der Waals surface area contributed by atoms with Crippen molar-refractivity contribution in [3.8, 4) is 0 Å². The molecule has 0 N–H and O–H groups in total. The zero-order valence-electron chi connectivity index (χ0n) is 9.48. The SMILES string of the molecule is CCCCCCCCCCC[Se]C. The van der Waals surface area contributed by atoms with Crippen molar-refractivity contribution < 1.29 is 0 Å². The molecular weight excluding hydrogens is 223 g/mol. The maximum absolute atomic E-state index is 2.34. The fourth-order valence-electron chi connectivity index (χ4n) is 1.56. The van der Waals surface area contributed by atoms with Gasteiger partial charge in [0.25, 0.3) is 0 Å². The van der Waals surface area contributed by atoms with E-state index in [4.69, 9.17) is 0 Å². The summed E-state index contributed by atoms with van der Waals surface area (Å²) in [4.78, 5) is 0. The van der Waals surface area contributed by atoms with Crippen LogP contribution >= 0.6 is 0 Å². The third kappa shape index (κ3) is 12.5. The molecule has 0 saturated heterocycles. The van der Waals surface area contributed by atoms with Gasteiger partial charge >= 0.3 is 90.8 Å². The van der Waals surface area contributed by atoms with Crippen molar-refractivity contribution in [1.82, 2.24) is 0 Å². The minimum absolute atomic E-state index is 0.918. The van der Waals surface area contributed by atoms with E-state index in [1.807, 2.05) is 0 Å². The van der Waals surface area contributed by atoms with Crippen LogP contribution in [0.25, 0.3) is 0 Å². The van der Waals surface area contributed by atoms with Crippen LogP contribution in [-0.2, 0) is 0 Å². The minimum atomic E-state index is 0.918. The summed E-state index contributed by atoms with van der Waals surface area (Å²) in [6.07, 6.45) is 13.2. The van der Waals surface area contributed by atoms with Crippen LogP contribution in [-0.4, -0.2) is 15.0 Å². The van der Waals surface area contributed by atoms with Gasteiger partial charge in [-0.1, -0.05) is 0 Å². The van der Waals surface area contributed by atoms with Crippen molar-refractivity contribution in [2.24, 2.45) is 0 Å². The van der Waals surface area contributed by atoms with Gasteiger partial charge in [0.1, 0.15) is 0 Å². The number of hydrogen-bond acceptors (Lipinski definition) is 0. The van der Waals surface area contributed by atoms with Crippen LogP contribution in [0.3, 0.4) is 0 Å². The molecule has 0 radical (unpaired) electrons. The van der Waals surface area contributed by atoms with E-state index in [-0.39, 0.29) is 0 Å². The molecule has 0 heterocycles. The first kappa shape index (κ1) is 13.5. The molecule has 0 aromatic carbocycles. The standard InChI is InChI=1S/C12H26Se/c1-3-4-5-6-7-8-9-10-11-12-13-2/h3-12H2,1-2H3. The summed E-state index contributed by atoms with van der Waals surface area (Å²) in [6, 6.07) is 0. The van der Waals surface area contributed by atoms with E-state index in [1.165, 1.54) is 63.1 Å². The second-order valence-corrected chi connectivity index (χ2v) is 5.89. The van der Waals surface area contributed by atoms with E-state index < -0.39 is 0 Å². The normalized spacial score (nSPS) is 10.6. The number of hydrogen-bond donors (Lipinski definition) is 0. The Balaban J connectivity index is 2.76. The maximum atomic E-state index is 2.34. The molecule has 0 nitrogen and oxygen atoms in total. The molecule has 0 aromatic heterocycles. The molecular formula is C12H26Se. The molecule has 0 saturated carbocycles. The summed E-state index contributed by atoms with van der Waals surface area (Å²) in [5, 5.41) is 1.50. The molecule has 0 amide bonds. The van der Waals surface area contributed by atoms with Crippen molar-refractivity contribution >= 4 is 15.0 Å². The third-order valence-corrected chi connectivity index (χ3v) is 3.91. The van der Waals surface area contributed by atoms with Crippen molar-refractivity contribution in [3.63, 3.8) is 0 Å². The second-order valence-electron chi connectivity index (χ2n) is 3.82. The summed E-state index contributed by atoms with van der Waals surface area (Å²) in [7, 11) is 0. The van der Waals surface area contributed by atoms with Gasteiger partial charge in [-0.05, 0) is 0 Å². The van der Waals surface area contributed by atoms with Gasteiger partial charge in [0, 0.05) is 0 Å². The average Bonchev–Trinajstić information content (AvgIpc) is 2.16.